The molecule has 1 rings (SSSR count). The lowest BCUT2D eigenvalue weighted by Crippen LogP contribution is -2.51. The largest absolute Gasteiger partial charge is 0.399 e. The Morgan fingerprint density at radius 1 is 1.33 bits per heavy atom. The predicted molar refractivity (Wildman–Crippen MR) is 68.5 cm³/mol. The van der Waals surface area contributed by atoms with Crippen LogP contribution in [0.25, 0.3) is 0 Å². The van der Waals surface area contributed by atoms with Gasteiger partial charge < -0.3 is 15.9 Å². The molecule has 0 fully saturated rings. The molecule has 102 valence electrons. The van der Waals surface area contributed by atoms with Gasteiger partial charge in [-0.1, -0.05) is 0 Å². The average Bonchev–Trinajstić information content (AvgIpc) is 2.32. The lowest BCUT2D eigenvalue weighted by atomic mass is 10.1. The molecule has 0 heterocycles. The molecule has 0 unspecified atom stereocenters. The second-order valence-electron chi connectivity index (χ2n) is 4.50. The maximum Gasteiger partial charge on any atom is 0.241 e. The first-order valence-corrected chi connectivity index (χ1v) is 6.84. The summed E-state index contributed by atoms with van der Waals surface area (Å²) in [5, 5.41) is 18.2. The number of aliphatic hydroxyl groups excluding tert-OH is 2. The van der Waals surface area contributed by atoms with Crippen molar-refractivity contribution in [2.24, 2.45) is 0 Å². The van der Waals surface area contributed by atoms with Crippen molar-refractivity contribution in [2.45, 2.75) is 24.3 Å². The quantitative estimate of drug-likeness (QED) is 0.546. The number of nitrogen functional groups attached to an aromatic ring is 1. The second kappa shape index (κ2) is 5.23. The highest BCUT2D eigenvalue weighted by atomic mass is 32.2. The third-order valence-electron chi connectivity index (χ3n) is 2.63. The summed E-state index contributed by atoms with van der Waals surface area (Å²) in [4.78, 5) is 0.0438. The molecule has 18 heavy (non-hydrogen) atoms. The number of aryl methyl sites for hydroxylation is 1. The van der Waals surface area contributed by atoms with Gasteiger partial charge in [-0.05, 0) is 37.6 Å². The van der Waals surface area contributed by atoms with E-state index in [1.54, 1.807) is 6.92 Å². The minimum absolute atomic E-state index is 0.0438. The fourth-order valence-electron chi connectivity index (χ4n) is 1.31. The molecule has 0 saturated carbocycles. The van der Waals surface area contributed by atoms with E-state index in [0.717, 1.165) is 0 Å². The van der Waals surface area contributed by atoms with Crippen molar-refractivity contribution >= 4 is 15.7 Å². The maximum atomic E-state index is 12.1. The summed E-state index contributed by atoms with van der Waals surface area (Å²) in [6.45, 7) is 2.10. The minimum Gasteiger partial charge on any atom is -0.399 e. The van der Waals surface area contributed by atoms with Crippen molar-refractivity contribution in [3.8, 4) is 0 Å². The van der Waals surface area contributed by atoms with E-state index in [1.807, 2.05) is 0 Å². The Morgan fingerprint density at radius 3 is 2.33 bits per heavy atom. The van der Waals surface area contributed by atoms with Crippen LogP contribution in [0.3, 0.4) is 0 Å². The number of aliphatic hydroxyl groups is 2. The first kappa shape index (κ1) is 14.9. The van der Waals surface area contributed by atoms with E-state index in [1.165, 1.54) is 25.1 Å². The molecule has 6 nitrogen and oxygen atoms in total. The molecule has 1 aromatic carbocycles. The summed E-state index contributed by atoms with van der Waals surface area (Å²) in [5.41, 5.74) is 5.47. The summed E-state index contributed by atoms with van der Waals surface area (Å²) in [5.74, 6) is 0. The highest BCUT2D eigenvalue weighted by molar-refractivity contribution is 7.89. The Kier molecular flexibility index (Phi) is 4.33. The predicted octanol–water partition coefficient (Wildman–Crippen LogP) is -0.401. The third-order valence-corrected chi connectivity index (χ3v) is 4.27. The third kappa shape index (κ3) is 3.20. The van der Waals surface area contributed by atoms with Gasteiger partial charge in [-0.3, -0.25) is 0 Å². The van der Waals surface area contributed by atoms with Crippen LogP contribution >= 0.6 is 0 Å². The van der Waals surface area contributed by atoms with Gasteiger partial charge in [0.25, 0.3) is 0 Å². The molecule has 0 aliphatic carbocycles. The van der Waals surface area contributed by atoms with Crippen LogP contribution in [0.15, 0.2) is 23.1 Å². The van der Waals surface area contributed by atoms with Crippen LogP contribution in [0.4, 0.5) is 5.69 Å². The molecule has 7 heteroatoms. The lowest BCUT2D eigenvalue weighted by Gasteiger charge is -2.25. The molecule has 0 radical (unpaired) electrons. The van der Waals surface area contributed by atoms with Gasteiger partial charge in [0.05, 0.1) is 23.6 Å². The van der Waals surface area contributed by atoms with Crippen LogP contribution in [-0.4, -0.2) is 37.4 Å². The Labute approximate surface area is 106 Å². The molecule has 0 aliphatic rings. The fourth-order valence-corrected chi connectivity index (χ4v) is 2.79. The van der Waals surface area contributed by atoms with E-state index in [4.69, 9.17) is 15.9 Å². The molecule has 0 saturated heterocycles. The monoisotopic (exact) mass is 274 g/mol. The summed E-state index contributed by atoms with van der Waals surface area (Å²) < 4.78 is 26.4. The van der Waals surface area contributed by atoms with E-state index in [9.17, 15) is 8.42 Å². The van der Waals surface area contributed by atoms with Crippen molar-refractivity contribution < 1.29 is 18.6 Å². The second-order valence-corrected chi connectivity index (χ2v) is 6.18. The van der Waals surface area contributed by atoms with Crippen LogP contribution in [0.5, 0.6) is 0 Å². The lowest BCUT2D eigenvalue weighted by molar-refractivity contribution is 0.122. The van der Waals surface area contributed by atoms with Gasteiger partial charge in [-0.25, -0.2) is 13.1 Å². The highest BCUT2D eigenvalue weighted by Crippen LogP contribution is 2.18. The first-order chi connectivity index (χ1) is 8.24. The van der Waals surface area contributed by atoms with Crippen molar-refractivity contribution in [3.63, 3.8) is 0 Å². The normalized spacial score (nSPS) is 12.7. The minimum atomic E-state index is -3.81. The van der Waals surface area contributed by atoms with Gasteiger partial charge in [-0.15, -0.1) is 0 Å². The molecule has 0 spiro atoms. The molecule has 0 amide bonds. The number of rotatable bonds is 5. The summed E-state index contributed by atoms with van der Waals surface area (Å²) in [6.07, 6.45) is 0. The van der Waals surface area contributed by atoms with Gasteiger partial charge >= 0.3 is 0 Å². The smallest absolute Gasteiger partial charge is 0.241 e. The summed E-state index contributed by atoms with van der Waals surface area (Å²) >= 11 is 0. The Bertz CT molecular complexity index is 524. The molecule has 1 aromatic rings. The van der Waals surface area contributed by atoms with Crippen LogP contribution in [0.2, 0.25) is 0 Å². The van der Waals surface area contributed by atoms with Crippen LogP contribution in [0.1, 0.15) is 12.5 Å². The standard InChI is InChI=1S/C11H18N2O4S/c1-8-5-9(3-4-10(8)12)18(16,17)13-11(2,6-14)7-15/h3-5,13-15H,6-7,12H2,1-2H3. The number of hydrogen-bond acceptors (Lipinski definition) is 5. The van der Waals surface area contributed by atoms with Crippen molar-refractivity contribution in [1.29, 1.82) is 0 Å². The topological polar surface area (TPSA) is 113 Å². The number of nitrogens with two attached hydrogens (primary N) is 1. The van der Waals surface area contributed by atoms with Crippen LogP contribution in [0, 0.1) is 6.92 Å². The number of benzene rings is 1. The molecular formula is C11H18N2O4S. The number of hydrogen-bond donors (Lipinski definition) is 4. The Morgan fingerprint density at radius 2 is 1.89 bits per heavy atom. The highest BCUT2D eigenvalue weighted by Gasteiger charge is 2.29. The van der Waals surface area contributed by atoms with Crippen molar-refractivity contribution in [1.82, 2.24) is 4.72 Å². The maximum absolute atomic E-state index is 12.1. The SMILES string of the molecule is Cc1cc(S(=O)(=O)NC(C)(CO)CO)ccc1N. The van der Waals surface area contributed by atoms with Gasteiger partial charge in [-0.2, -0.15) is 0 Å². The summed E-state index contributed by atoms with van der Waals surface area (Å²) in [7, 11) is -3.81. The van der Waals surface area contributed by atoms with Crippen LogP contribution in [-0.2, 0) is 10.0 Å². The van der Waals surface area contributed by atoms with Crippen molar-refractivity contribution in [2.75, 3.05) is 18.9 Å². The summed E-state index contributed by atoms with van der Waals surface area (Å²) in [6, 6.07) is 4.31. The van der Waals surface area contributed by atoms with Gasteiger partial charge in [0, 0.05) is 5.69 Å². The van der Waals surface area contributed by atoms with E-state index in [0.29, 0.717) is 11.3 Å². The number of anilines is 1. The zero-order chi connectivity index (χ0) is 14.0. The Hall–Kier alpha value is -1.15. The zero-order valence-electron chi connectivity index (χ0n) is 10.3. The van der Waals surface area contributed by atoms with Gasteiger partial charge in [0.15, 0.2) is 0 Å². The Balaban J connectivity index is 3.10. The average molecular weight is 274 g/mol. The van der Waals surface area contributed by atoms with E-state index in [2.05, 4.69) is 4.72 Å². The molecule has 0 bridgehead atoms. The van der Waals surface area contributed by atoms with Crippen molar-refractivity contribution in [3.05, 3.63) is 23.8 Å². The zero-order valence-corrected chi connectivity index (χ0v) is 11.2. The molecule has 0 aromatic heterocycles. The number of sulfonamides is 1. The molecule has 0 atom stereocenters. The van der Waals surface area contributed by atoms with Gasteiger partial charge in [0.1, 0.15) is 0 Å². The van der Waals surface area contributed by atoms with E-state index >= 15 is 0 Å². The number of nitrogens with one attached hydrogen (secondary N) is 1. The molecule has 0 aliphatic heterocycles. The molecular weight excluding hydrogens is 256 g/mol. The van der Waals surface area contributed by atoms with E-state index < -0.39 is 28.8 Å². The molecule has 5 N–H and O–H groups in total. The van der Waals surface area contributed by atoms with Crippen LogP contribution < -0.4 is 10.5 Å². The van der Waals surface area contributed by atoms with E-state index in [-0.39, 0.29) is 4.90 Å². The van der Waals surface area contributed by atoms with Gasteiger partial charge in [0.2, 0.25) is 10.0 Å². The first-order valence-electron chi connectivity index (χ1n) is 5.36. The fraction of sp³-hybridized carbons (Fsp3) is 0.455.